The van der Waals surface area contributed by atoms with Crippen LogP contribution in [0.25, 0.3) is 0 Å². The molecule has 2 heterocycles. The highest BCUT2D eigenvalue weighted by Crippen LogP contribution is 2.30. The van der Waals surface area contributed by atoms with Crippen molar-refractivity contribution in [1.29, 1.82) is 0 Å². The largest absolute Gasteiger partial charge is 0.464 e. The minimum atomic E-state index is -0.464. The fourth-order valence-electron chi connectivity index (χ4n) is 2.02. The van der Waals surface area contributed by atoms with Crippen LogP contribution in [0.1, 0.15) is 17.2 Å². The van der Waals surface area contributed by atoms with Crippen molar-refractivity contribution in [1.82, 2.24) is 9.97 Å². The smallest absolute Gasteiger partial charge is 0.332 e. The standard InChI is InChI=1S/C13H17N5O3/c1-8-5-6-10(21-8)7-17(4)12-11(18(19)20)9(2)15-13(14-3)16-12/h5-6H,7H2,1-4H3,(H,14,15,16). The summed E-state index contributed by atoms with van der Waals surface area (Å²) < 4.78 is 5.49. The van der Waals surface area contributed by atoms with Crippen LogP contribution in [0.15, 0.2) is 16.5 Å². The number of nitrogens with one attached hydrogen (secondary N) is 1. The van der Waals surface area contributed by atoms with E-state index in [1.54, 1.807) is 25.9 Å². The van der Waals surface area contributed by atoms with Crippen molar-refractivity contribution in [2.45, 2.75) is 20.4 Å². The van der Waals surface area contributed by atoms with Crippen LogP contribution in [-0.2, 0) is 6.54 Å². The van der Waals surface area contributed by atoms with E-state index in [1.165, 1.54) is 0 Å². The molecule has 0 spiro atoms. The van der Waals surface area contributed by atoms with Crippen molar-refractivity contribution >= 4 is 17.5 Å². The minimum absolute atomic E-state index is 0.0974. The summed E-state index contributed by atoms with van der Waals surface area (Å²) in [6.45, 7) is 3.82. The van der Waals surface area contributed by atoms with Gasteiger partial charge in [-0.3, -0.25) is 10.1 Å². The first kappa shape index (κ1) is 14.8. The molecule has 0 fully saturated rings. The Kier molecular flexibility index (Phi) is 4.06. The van der Waals surface area contributed by atoms with Crippen LogP contribution >= 0.6 is 0 Å². The third-order valence-corrected chi connectivity index (χ3v) is 3.00. The fraction of sp³-hybridized carbons (Fsp3) is 0.385. The summed E-state index contributed by atoms with van der Waals surface area (Å²) in [5.41, 5.74) is 0.219. The van der Waals surface area contributed by atoms with Crippen LogP contribution in [0.4, 0.5) is 17.5 Å². The molecule has 0 bridgehead atoms. The van der Waals surface area contributed by atoms with Crippen LogP contribution in [0.2, 0.25) is 0 Å². The van der Waals surface area contributed by atoms with E-state index in [0.717, 1.165) is 5.76 Å². The number of nitro groups is 1. The number of hydrogen-bond acceptors (Lipinski definition) is 7. The Balaban J connectivity index is 2.40. The summed E-state index contributed by atoms with van der Waals surface area (Å²) in [4.78, 5) is 20.7. The van der Waals surface area contributed by atoms with Gasteiger partial charge in [0.25, 0.3) is 0 Å². The average molecular weight is 291 g/mol. The fourth-order valence-corrected chi connectivity index (χ4v) is 2.02. The molecule has 21 heavy (non-hydrogen) atoms. The molecular weight excluding hydrogens is 274 g/mol. The van der Waals surface area contributed by atoms with Crippen molar-refractivity contribution in [3.63, 3.8) is 0 Å². The molecule has 0 atom stereocenters. The van der Waals surface area contributed by atoms with Gasteiger partial charge in [-0.15, -0.1) is 0 Å². The van der Waals surface area contributed by atoms with Gasteiger partial charge in [-0.25, -0.2) is 4.98 Å². The molecule has 1 N–H and O–H groups in total. The average Bonchev–Trinajstić information content (AvgIpc) is 2.82. The number of anilines is 2. The van der Waals surface area contributed by atoms with Gasteiger partial charge in [0.15, 0.2) is 0 Å². The Morgan fingerprint density at radius 3 is 2.62 bits per heavy atom. The first-order valence-corrected chi connectivity index (χ1v) is 6.39. The molecule has 0 aliphatic rings. The van der Waals surface area contributed by atoms with E-state index in [4.69, 9.17) is 4.42 Å². The molecule has 0 unspecified atom stereocenters. The zero-order chi connectivity index (χ0) is 15.6. The van der Waals surface area contributed by atoms with Crippen molar-refractivity contribution in [2.75, 3.05) is 24.3 Å². The Hall–Kier alpha value is -2.64. The number of aromatic nitrogens is 2. The molecule has 0 saturated heterocycles. The maximum absolute atomic E-state index is 11.3. The molecule has 0 amide bonds. The summed E-state index contributed by atoms with van der Waals surface area (Å²) in [5, 5.41) is 14.1. The van der Waals surface area contributed by atoms with E-state index in [-0.39, 0.29) is 11.5 Å². The molecule has 8 nitrogen and oxygen atoms in total. The number of nitrogens with zero attached hydrogens (tertiary/aromatic N) is 4. The third kappa shape index (κ3) is 3.10. The van der Waals surface area contributed by atoms with Gasteiger partial charge in [-0.2, -0.15) is 4.98 Å². The first-order valence-electron chi connectivity index (χ1n) is 6.39. The summed E-state index contributed by atoms with van der Waals surface area (Å²) in [6.07, 6.45) is 0. The molecular formula is C13H17N5O3. The Morgan fingerprint density at radius 1 is 1.38 bits per heavy atom. The predicted molar refractivity (Wildman–Crippen MR) is 78.5 cm³/mol. The van der Waals surface area contributed by atoms with Crippen molar-refractivity contribution in [3.8, 4) is 0 Å². The molecule has 0 aliphatic heterocycles. The number of furan rings is 1. The van der Waals surface area contributed by atoms with E-state index < -0.39 is 4.92 Å². The van der Waals surface area contributed by atoms with E-state index in [0.29, 0.717) is 23.9 Å². The molecule has 2 aromatic heterocycles. The molecule has 0 saturated carbocycles. The summed E-state index contributed by atoms with van der Waals surface area (Å²) in [5.74, 6) is 2.11. The number of rotatable bonds is 5. The maximum atomic E-state index is 11.3. The Morgan fingerprint density at radius 2 is 2.10 bits per heavy atom. The predicted octanol–water partition coefficient (Wildman–Crippen LogP) is 2.27. The van der Waals surface area contributed by atoms with Gasteiger partial charge in [-0.05, 0) is 26.0 Å². The molecule has 2 aromatic rings. The maximum Gasteiger partial charge on any atom is 0.332 e. The molecule has 0 radical (unpaired) electrons. The monoisotopic (exact) mass is 291 g/mol. The molecule has 8 heteroatoms. The van der Waals surface area contributed by atoms with Gasteiger partial charge < -0.3 is 14.6 Å². The lowest BCUT2D eigenvalue weighted by Crippen LogP contribution is -2.20. The highest BCUT2D eigenvalue weighted by Gasteiger charge is 2.25. The minimum Gasteiger partial charge on any atom is -0.464 e. The van der Waals surface area contributed by atoms with Gasteiger partial charge in [0.2, 0.25) is 11.8 Å². The second-order valence-corrected chi connectivity index (χ2v) is 4.68. The highest BCUT2D eigenvalue weighted by molar-refractivity contribution is 5.62. The Labute approximate surface area is 122 Å². The number of aryl methyl sites for hydroxylation is 2. The van der Waals surface area contributed by atoms with Gasteiger partial charge in [0.05, 0.1) is 11.5 Å². The molecule has 2 rings (SSSR count). The van der Waals surface area contributed by atoms with Crippen LogP contribution in [0.5, 0.6) is 0 Å². The van der Waals surface area contributed by atoms with Gasteiger partial charge in [0, 0.05) is 14.1 Å². The third-order valence-electron chi connectivity index (χ3n) is 3.00. The van der Waals surface area contributed by atoms with E-state index in [2.05, 4.69) is 15.3 Å². The van der Waals surface area contributed by atoms with Crippen LogP contribution in [0, 0.1) is 24.0 Å². The second kappa shape index (κ2) is 5.78. The van der Waals surface area contributed by atoms with Crippen LogP contribution in [0.3, 0.4) is 0 Å². The molecule has 0 aromatic carbocycles. The molecule has 0 aliphatic carbocycles. The van der Waals surface area contributed by atoms with Crippen LogP contribution < -0.4 is 10.2 Å². The SMILES string of the molecule is CNc1nc(C)c([N+](=O)[O-])c(N(C)Cc2ccc(C)o2)n1. The normalized spacial score (nSPS) is 10.5. The lowest BCUT2D eigenvalue weighted by molar-refractivity contribution is -0.385. The van der Waals surface area contributed by atoms with E-state index >= 15 is 0 Å². The van der Waals surface area contributed by atoms with Crippen LogP contribution in [-0.4, -0.2) is 29.0 Å². The zero-order valence-electron chi connectivity index (χ0n) is 12.4. The summed E-state index contributed by atoms with van der Waals surface area (Å²) >= 11 is 0. The second-order valence-electron chi connectivity index (χ2n) is 4.68. The van der Waals surface area contributed by atoms with Crippen molar-refractivity contribution in [2.24, 2.45) is 0 Å². The lowest BCUT2D eigenvalue weighted by Gasteiger charge is -2.18. The lowest BCUT2D eigenvalue weighted by atomic mass is 10.3. The molecule has 112 valence electrons. The topological polar surface area (TPSA) is 97.3 Å². The first-order chi connectivity index (χ1) is 9.92. The van der Waals surface area contributed by atoms with Gasteiger partial charge in [0.1, 0.15) is 17.2 Å². The number of hydrogen-bond donors (Lipinski definition) is 1. The summed E-state index contributed by atoms with van der Waals surface area (Å²) in [7, 11) is 3.40. The highest BCUT2D eigenvalue weighted by atomic mass is 16.6. The van der Waals surface area contributed by atoms with Gasteiger partial charge in [-0.1, -0.05) is 0 Å². The van der Waals surface area contributed by atoms with E-state index in [1.807, 2.05) is 19.1 Å². The Bertz CT molecular complexity index is 668. The quantitative estimate of drug-likeness (QED) is 0.666. The van der Waals surface area contributed by atoms with Crippen molar-refractivity contribution < 1.29 is 9.34 Å². The van der Waals surface area contributed by atoms with E-state index in [9.17, 15) is 10.1 Å². The van der Waals surface area contributed by atoms with Gasteiger partial charge >= 0.3 is 5.69 Å². The zero-order valence-corrected chi connectivity index (χ0v) is 12.4. The van der Waals surface area contributed by atoms with Crippen molar-refractivity contribution in [3.05, 3.63) is 39.5 Å². The summed E-state index contributed by atoms with van der Waals surface area (Å²) in [6, 6.07) is 3.69.